The highest BCUT2D eigenvalue weighted by Gasteiger charge is 2.16. The van der Waals surface area contributed by atoms with Crippen molar-refractivity contribution >= 4 is 27.5 Å². The molecule has 1 aromatic rings. The smallest absolute Gasteiger partial charge is 0.251 e. The van der Waals surface area contributed by atoms with Crippen molar-refractivity contribution < 1.29 is 4.79 Å². The third kappa shape index (κ3) is 2.58. The van der Waals surface area contributed by atoms with Gasteiger partial charge in [-0.1, -0.05) is 12.1 Å². The molecule has 0 aliphatic carbocycles. The Morgan fingerprint density at radius 1 is 1.41 bits per heavy atom. The fourth-order valence-corrected chi connectivity index (χ4v) is 2.00. The number of rotatable bonds is 2. The van der Waals surface area contributed by atoms with E-state index >= 15 is 0 Å². The topological polar surface area (TPSA) is 41.1 Å². The lowest BCUT2D eigenvalue weighted by Gasteiger charge is -2.21. The standard InChI is InChI=1S/C13H15BrN2O/c1-8-4-3-5-11(12(8)14)16-13(17)9(2)10-6-15-7-10/h3-5,15H,6-7H2,1-2H3,(H,16,17). The van der Waals surface area contributed by atoms with Crippen LogP contribution in [0.15, 0.2) is 33.8 Å². The second-order valence-electron chi connectivity index (χ2n) is 4.22. The highest BCUT2D eigenvalue weighted by Crippen LogP contribution is 2.26. The van der Waals surface area contributed by atoms with E-state index in [9.17, 15) is 4.79 Å². The van der Waals surface area contributed by atoms with Crippen molar-refractivity contribution in [3.63, 3.8) is 0 Å². The van der Waals surface area contributed by atoms with E-state index < -0.39 is 0 Å². The summed E-state index contributed by atoms with van der Waals surface area (Å²) < 4.78 is 0.942. The molecule has 0 spiro atoms. The number of amides is 1. The molecular formula is C13H15BrN2O. The van der Waals surface area contributed by atoms with Crippen LogP contribution in [0.2, 0.25) is 0 Å². The maximum absolute atomic E-state index is 12.0. The lowest BCUT2D eigenvalue weighted by atomic mass is 10.0. The molecule has 3 nitrogen and oxygen atoms in total. The Kier molecular flexibility index (Phi) is 3.64. The normalized spacial score (nSPS) is 14.2. The number of nitrogens with one attached hydrogen (secondary N) is 2. The third-order valence-electron chi connectivity index (χ3n) is 2.99. The lowest BCUT2D eigenvalue weighted by molar-refractivity contribution is -0.112. The fourth-order valence-electron chi connectivity index (χ4n) is 1.64. The lowest BCUT2D eigenvalue weighted by Crippen LogP contribution is -2.36. The Morgan fingerprint density at radius 2 is 2.12 bits per heavy atom. The molecular weight excluding hydrogens is 280 g/mol. The molecule has 1 aliphatic rings. The van der Waals surface area contributed by atoms with Crippen LogP contribution in [-0.4, -0.2) is 19.0 Å². The molecule has 0 bridgehead atoms. The molecule has 2 rings (SSSR count). The number of hydrogen-bond donors (Lipinski definition) is 2. The van der Waals surface area contributed by atoms with Gasteiger partial charge in [-0.05, 0) is 47.0 Å². The number of benzene rings is 1. The van der Waals surface area contributed by atoms with E-state index in [2.05, 4.69) is 26.6 Å². The molecule has 0 aromatic heterocycles. The summed E-state index contributed by atoms with van der Waals surface area (Å²) in [5.74, 6) is -0.0206. The Balaban J connectivity index is 2.16. The van der Waals surface area contributed by atoms with Gasteiger partial charge in [0.15, 0.2) is 0 Å². The van der Waals surface area contributed by atoms with Gasteiger partial charge in [-0.3, -0.25) is 4.79 Å². The Labute approximate surface area is 109 Å². The zero-order valence-electron chi connectivity index (χ0n) is 9.93. The second-order valence-corrected chi connectivity index (χ2v) is 5.02. The van der Waals surface area contributed by atoms with Crippen molar-refractivity contribution in [3.05, 3.63) is 39.4 Å². The van der Waals surface area contributed by atoms with Gasteiger partial charge in [0, 0.05) is 23.1 Å². The van der Waals surface area contributed by atoms with Crippen LogP contribution in [0, 0.1) is 6.92 Å². The molecule has 4 heteroatoms. The summed E-state index contributed by atoms with van der Waals surface area (Å²) in [4.78, 5) is 12.0. The van der Waals surface area contributed by atoms with E-state index in [1.54, 1.807) is 0 Å². The molecule has 2 N–H and O–H groups in total. The maximum Gasteiger partial charge on any atom is 0.251 e. The van der Waals surface area contributed by atoms with Crippen LogP contribution in [0.1, 0.15) is 12.5 Å². The first kappa shape index (κ1) is 12.3. The van der Waals surface area contributed by atoms with Crippen LogP contribution >= 0.6 is 15.9 Å². The average molecular weight is 295 g/mol. The van der Waals surface area contributed by atoms with Gasteiger partial charge < -0.3 is 10.6 Å². The van der Waals surface area contributed by atoms with E-state index in [4.69, 9.17) is 0 Å². The van der Waals surface area contributed by atoms with Gasteiger partial charge in [0.25, 0.3) is 5.91 Å². The van der Waals surface area contributed by atoms with Gasteiger partial charge >= 0.3 is 0 Å². The van der Waals surface area contributed by atoms with Crippen LogP contribution in [0.3, 0.4) is 0 Å². The van der Waals surface area contributed by atoms with Crippen LogP contribution in [-0.2, 0) is 4.79 Å². The SMILES string of the molecule is CC(C(=O)Nc1cccc(C)c1Br)=C1CNC1. The molecule has 1 saturated heterocycles. The quantitative estimate of drug-likeness (QED) is 0.824. The predicted molar refractivity (Wildman–Crippen MR) is 73.1 cm³/mol. The van der Waals surface area contributed by atoms with Crippen LogP contribution in [0.4, 0.5) is 5.69 Å². The van der Waals surface area contributed by atoms with Gasteiger partial charge in [0.1, 0.15) is 0 Å². The molecule has 1 heterocycles. The predicted octanol–water partition coefficient (Wildman–Crippen LogP) is 2.62. The largest absolute Gasteiger partial charge is 0.321 e. The summed E-state index contributed by atoms with van der Waals surface area (Å²) in [5, 5.41) is 6.06. The number of aryl methyl sites for hydroxylation is 1. The average Bonchev–Trinajstić information content (AvgIpc) is 2.22. The number of hydrogen-bond acceptors (Lipinski definition) is 2. The minimum Gasteiger partial charge on any atom is -0.321 e. The van der Waals surface area contributed by atoms with Gasteiger partial charge in [0.2, 0.25) is 0 Å². The molecule has 90 valence electrons. The van der Waals surface area contributed by atoms with Crippen molar-refractivity contribution in [1.29, 1.82) is 0 Å². The van der Waals surface area contributed by atoms with E-state index in [1.807, 2.05) is 32.0 Å². The van der Waals surface area contributed by atoms with Gasteiger partial charge in [-0.25, -0.2) is 0 Å². The third-order valence-corrected chi connectivity index (χ3v) is 4.04. The minimum atomic E-state index is -0.0206. The second kappa shape index (κ2) is 5.02. The molecule has 17 heavy (non-hydrogen) atoms. The zero-order valence-corrected chi connectivity index (χ0v) is 11.5. The van der Waals surface area contributed by atoms with Gasteiger partial charge in [-0.15, -0.1) is 0 Å². The van der Waals surface area contributed by atoms with Crippen LogP contribution in [0.25, 0.3) is 0 Å². The number of halogens is 1. The maximum atomic E-state index is 12.0. The van der Waals surface area contributed by atoms with Gasteiger partial charge in [-0.2, -0.15) is 0 Å². The molecule has 0 radical (unpaired) electrons. The molecule has 0 atom stereocenters. The first-order chi connectivity index (χ1) is 8.09. The summed E-state index contributed by atoms with van der Waals surface area (Å²) in [7, 11) is 0. The summed E-state index contributed by atoms with van der Waals surface area (Å²) in [6.45, 7) is 5.53. The van der Waals surface area contributed by atoms with E-state index in [1.165, 1.54) is 5.57 Å². The Hall–Kier alpha value is -1.13. The molecule has 1 fully saturated rings. The Morgan fingerprint density at radius 3 is 2.71 bits per heavy atom. The molecule has 1 aliphatic heterocycles. The van der Waals surface area contributed by atoms with Gasteiger partial charge in [0.05, 0.1) is 5.69 Å². The van der Waals surface area contributed by atoms with Crippen molar-refractivity contribution in [2.75, 3.05) is 18.4 Å². The number of anilines is 1. The molecule has 0 saturated carbocycles. The summed E-state index contributed by atoms with van der Waals surface area (Å²) >= 11 is 3.48. The zero-order chi connectivity index (χ0) is 12.4. The van der Waals surface area contributed by atoms with Crippen LogP contribution < -0.4 is 10.6 Å². The van der Waals surface area contributed by atoms with E-state index in [-0.39, 0.29) is 5.91 Å². The van der Waals surface area contributed by atoms with Crippen molar-refractivity contribution in [1.82, 2.24) is 5.32 Å². The fraction of sp³-hybridized carbons (Fsp3) is 0.308. The molecule has 1 aromatic carbocycles. The first-order valence-electron chi connectivity index (χ1n) is 5.55. The van der Waals surface area contributed by atoms with Crippen molar-refractivity contribution in [2.24, 2.45) is 0 Å². The summed E-state index contributed by atoms with van der Waals surface area (Å²) in [6, 6.07) is 5.83. The number of carbonyl (C=O) groups excluding carboxylic acids is 1. The first-order valence-corrected chi connectivity index (χ1v) is 6.34. The van der Waals surface area contributed by atoms with Crippen molar-refractivity contribution in [3.8, 4) is 0 Å². The van der Waals surface area contributed by atoms with E-state index in [0.29, 0.717) is 0 Å². The summed E-state index contributed by atoms with van der Waals surface area (Å²) in [5.41, 5.74) is 3.93. The monoisotopic (exact) mass is 294 g/mol. The summed E-state index contributed by atoms with van der Waals surface area (Å²) in [6.07, 6.45) is 0. The minimum absolute atomic E-state index is 0.0206. The molecule has 1 amide bonds. The Bertz CT molecular complexity index is 488. The van der Waals surface area contributed by atoms with Crippen molar-refractivity contribution in [2.45, 2.75) is 13.8 Å². The highest BCUT2D eigenvalue weighted by molar-refractivity contribution is 9.10. The number of carbonyl (C=O) groups is 1. The molecule has 0 unspecified atom stereocenters. The van der Waals surface area contributed by atoms with Crippen LogP contribution in [0.5, 0.6) is 0 Å². The van der Waals surface area contributed by atoms with E-state index in [0.717, 1.165) is 34.4 Å². The highest BCUT2D eigenvalue weighted by atomic mass is 79.9.